The van der Waals surface area contributed by atoms with Crippen molar-refractivity contribution < 1.29 is 24.2 Å². The Kier molecular flexibility index (Phi) is 7.28. The summed E-state index contributed by atoms with van der Waals surface area (Å²) >= 11 is 0. The Labute approximate surface area is 182 Å². The van der Waals surface area contributed by atoms with Crippen LogP contribution >= 0.6 is 0 Å². The Balaban J connectivity index is 1.92. The summed E-state index contributed by atoms with van der Waals surface area (Å²) in [6.45, 7) is 2.10. The number of carbonyl (C=O) groups excluding carboxylic acids is 1. The quantitative estimate of drug-likeness (QED) is 0.652. The van der Waals surface area contributed by atoms with Gasteiger partial charge >= 0.3 is 5.97 Å². The average Bonchev–Trinajstić information content (AvgIpc) is 3.24. The van der Waals surface area contributed by atoms with Crippen LogP contribution in [-0.4, -0.2) is 41.9 Å². The van der Waals surface area contributed by atoms with Gasteiger partial charge in [-0.15, -0.1) is 0 Å². The molecule has 0 aromatic heterocycles. The van der Waals surface area contributed by atoms with Gasteiger partial charge in [0.1, 0.15) is 11.5 Å². The van der Waals surface area contributed by atoms with Gasteiger partial charge in [0.25, 0.3) is 0 Å². The highest BCUT2D eigenvalue weighted by Crippen LogP contribution is 2.35. The number of amides is 1. The largest absolute Gasteiger partial charge is 0.497 e. The topological polar surface area (TPSA) is 88.4 Å². The third kappa shape index (κ3) is 5.42. The van der Waals surface area contributed by atoms with Crippen molar-refractivity contribution in [2.45, 2.75) is 45.1 Å². The first kappa shape index (κ1) is 22.3. The van der Waals surface area contributed by atoms with Crippen molar-refractivity contribution in [1.29, 1.82) is 0 Å². The maximum Gasteiger partial charge on any atom is 0.303 e. The molecule has 164 valence electrons. The van der Waals surface area contributed by atoms with Crippen LogP contribution in [-0.2, 0) is 16.0 Å². The summed E-state index contributed by atoms with van der Waals surface area (Å²) in [6.07, 6.45) is 1.86. The van der Waals surface area contributed by atoms with E-state index >= 15 is 0 Å². The second-order valence-electron chi connectivity index (χ2n) is 7.45. The number of hydrazone groups is 1. The molecule has 0 fully saturated rings. The predicted octanol–water partition coefficient (Wildman–Crippen LogP) is 4.20. The fourth-order valence-corrected chi connectivity index (χ4v) is 3.63. The number of rotatable bonds is 9. The molecule has 3 rings (SSSR count). The molecule has 2 aromatic carbocycles. The van der Waals surface area contributed by atoms with Gasteiger partial charge in [-0.3, -0.25) is 9.59 Å². The molecule has 0 spiro atoms. The van der Waals surface area contributed by atoms with E-state index in [1.54, 1.807) is 20.3 Å². The number of methoxy groups -OCH3 is 2. The SMILES string of the molecule is CCc1ccc([C@@H]2CC(c3cc(OC)cc(OC)c3)=NN2C(=O)CCCC(=O)O)cc1. The molecular formula is C24H28N2O5. The summed E-state index contributed by atoms with van der Waals surface area (Å²) < 4.78 is 10.7. The van der Waals surface area contributed by atoms with Gasteiger partial charge in [-0.2, -0.15) is 5.10 Å². The van der Waals surface area contributed by atoms with Crippen molar-refractivity contribution in [3.8, 4) is 11.5 Å². The number of carbonyl (C=O) groups is 2. The number of benzene rings is 2. The normalized spacial score (nSPS) is 15.5. The fourth-order valence-electron chi connectivity index (χ4n) is 3.63. The van der Waals surface area contributed by atoms with Gasteiger partial charge in [-0.1, -0.05) is 31.2 Å². The highest BCUT2D eigenvalue weighted by molar-refractivity contribution is 6.03. The molecule has 1 atom stereocenters. The highest BCUT2D eigenvalue weighted by atomic mass is 16.5. The van der Waals surface area contributed by atoms with Crippen LogP contribution in [0.25, 0.3) is 0 Å². The first-order valence-corrected chi connectivity index (χ1v) is 10.4. The Morgan fingerprint density at radius 2 is 1.71 bits per heavy atom. The van der Waals surface area contributed by atoms with Crippen LogP contribution < -0.4 is 9.47 Å². The Morgan fingerprint density at radius 1 is 1.06 bits per heavy atom. The summed E-state index contributed by atoms with van der Waals surface area (Å²) in [4.78, 5) is 23.8. The van der Waals surface area contributed by atoms with Gasteiger partial charge in [0.2, 0.25) is 5.91 Å². The molecule has 0 bridgehead atoms. The lowest BCUT2D eigenvalue weighted by Crippen LogP contribution is -2.27. The van der Waals surface area contributed by atoms with E-state index in [0.29, 0.717) is 17.9 Å². The van der Waals surface area contributed by atoms with Crippen LogP contribution in [0.15, 0.2) is 47.6 Å². The van der Waals surface area contributed by atoms with E-state index < -0.39 is 5.97 Å². The maximum absolute atomic E-state index is 12.9. The fraction of sp³-hybridized carbons (Fsp3) is 0.375. The zero-order chi connectivity index (χ0) is 22.4. The number of aliphatic carboxylic acids is 1. The zero-order valence-electron chi connectivity index (χ0n) is 18.1. The van der Waals surface area contributed by atoms with E-state index in [0.717, 1.165) is 23.3 Å². The third-order valence-corrected chi connectivity index (χ3v) is 5.40. The standard InChI is InChI=1S/C24H28N2O5/c1-4-16-8-10-17(11-9-16)22-15-21(18-12-19(30-2)14-20(13-18)31-3)25-26(22)23(27)6-5-7-24(28)29/h8-14,22H,4-7,15H2,1-3H3,(H,28,29)/t22-/m0/s1. The first-order chi connectivity index (χ1) is 14.9. The molecule has 0 aliphatic carbocycles. The minimum atomic E-state index is -0.909. The van der Waals surface area contributed by atoms with E-state index in [1.165, 1.54) is 10.6 Å². The number of carboxylic acids is 1. The van der Waals surface area contributed by atoms with E-state index in [-0.39, 0.29) is 31.2 Å². The summed E-state index contributed by atoms with van der Waals surface area (Å²) in [5, 5.41) is 15.0. The smallest absolute Gasteiger partial charge is 0.303 e. The minimum absolute atomic E-state index is 0.0426. The monoisotopic (exact) mass is 424 g/mol. The molecule has 1 N–H and O–H groups in total. The van der Waals surface area contributed by atoms with Gasteiger partial charge in [0.05, 0.1) is 26.0 Å². The lowest BCUT2D eigenvalue weighted by molar-refractivity contribution is -0.137. The van der Waals surface area contributed by atoms with Crippen molar-refractivity contribution in [3.63, 3.8) is 0 Å². The van der Waals surface area contributed by atoms with Gasteiger partial charge in [0, 0.05) is 30.9 Å². The average molecular weight is 424 g/mol. The Bertz CT molecular complexity index is 946. The van der Waals surface area contributed by atoms with Gasteiger partial charge in [-0.05, 0) is 36.1 Å². The molecule has 0 saturated heterocycles. The van der Waals surface area contributed by atoms with Crippen molar-refractivity contribution >= 4 is 17.6 Å². The molecular weight excluding hydrogens is 396 g/mol. The molecule has 1 aliphatic heterocycles. The van der Waals surface area contributed by atoms with Crippen LogP contribution in [0.2, 0.25) is 0 Å². The molecule has 0 unspecified atom stereocenters. The second-order valence-corrected chi connectivity index (χ2v) is 7.45. The second kappa shape index (κ2) is 10.1. The van der Waals surface area contributed by atoms with Crippen LogP contribution in [0.4, 0.5) is 0 Å². The van der Waals surface area contributed by atoms with E-state index in [9.17, 15) is 9.59 Å². The summed E-state index contributed by atoms with van der Waals surface area (Å²) in [5.74, 6) is 0.198. The van der Waals surface area contributed by atoms with Gasteiger partial charge in [-0.25, -0.2) is 5.01 Å². The number of nitrogens with zero attached hydrogens (tertiary/aromatic N) is 2. The Hall–Kier alpha value is -3.35. The van der Waals surface area contributed by atoms with Crippen LogP contribution in [0.1, 0.15) is 55.3 Å². The number of ether oxygens (including phenoxy) is 2. The number of aryl methyl sites for hydroxylation is 1. The van der Waals surface area contributed by atoms with Crippen LogP contribution in [0.3, 0.4) is 0 Å². The predicted molar refractivity (Wildman–Crippen MR) is 118 cm³/mol. The maximum atomic E-state index is 12.9. The van der Waals surface area contributed by atoms with Crippen molar-refractivity contribution in [1.82, 2.24) is 5.01 Å². The molecule has 1 amide bonds. The number of hydrogen-bond acceptors (Lipinski definition) is 5. The van der Waals surface area contributed by atoms with Crippen LogP contribution in [0.5, 0.6) is 11.5 Å². The van der Waals surface area contributed by atoms with E-state index in [1.807, 2.05) is 24.3 Å². The molecule has 0 radical (unpaired) electrons. The molecule has 31 heavy (non-hydrogen) atoms. The highest BCUT2D eigenvalue weighted by Gasteiger charge is 2.33. The Morgan fingerprint density at radius 3 is 2.26 bits per heavy atom. The number of hydrogen-bond donors (Lipinski definition) is 1. The lowest BCUT2D eigenvalue weighted by atomic mass is 9.97. The van der Waals surface area contributed by atoms with Crippen molar-refractivity contribution in [2.75, 3.05) is 14.2 Å². The summed E-state index contributed by atoms with van der Waals surface area (Å²) in [7, 11) is 3.18. The lowest BCUT2D eigenvalue weighted by Gasteiger charge is -2.22. The third-order valence-electron chi connectivity index (χ3n) is 5.40. The minimum Gasteiger partial charge on any atom is -0.497 e. The van der Waals surface area contributed by atoms with E-state index in [2.05, 4.69) is 24.2 Å². The molecule has 0 saturated carbocycles. The van der Waals surface area contributed by atoms with Gasteiger partial charge < -0.3 is 14.6 Å². The van der Waals surface area contributed by atoms with Gasteiger partial charge in [0.15, 0.2) is 0 Å². The first-order valence-electron chi connectivity index (χ1n) is 10.4. The number of carboxylic acid groups (broad SMARTS) is 1. The van der Waals surface area contributed by atoms with Crippen molar-refractivity contribution in [3.05, 3.63) is 59.2 Å². The molecule has 1 heterocycles. The zero-order valence-corrected chi connectivity index (χ0v) is 18.1. The summed E-state index contributed by atoms with van der Waals surface area (Å²) in [5.41, 5.74) is 3.80. The summed E-state index contributed by atoms with van der Waals surface area (Å²) in [6, 6.07) is 13.5. The van der Waals surface area contributed by atoms with E-state index in [4.69, 9.17) is 14.6 Å². The molecule has 7 heteroatoms. The van der Waals surface area contributed by atoms with Crippen molar-refractivity contribution in [2.24, 2.45) is 5.10 Å². The molecule has 1 aliphatic rings. The van der Waals surface area contributed by atoms with Crippen LogP contribution in [0, 0.1) is 0 Å². The molecule has 2 aromatic rings. The molecule has 7 nitrogen and oxygen atoms in total.